The van der Waals surface area contributed by atoms with Gasteiger partial charge in [-0.1, -0.05) is 63.6 Å². The van der Waals surface area contributed by atoms with Gasteiger partial charge >= 0.3 is 5.97 Å². The first-order valence-corrected chi connectivity index (χ1v) is 12.2. The Morgan fingerprint density at radius 1 is 0.964 bits per heavy atom. The fraction of sp³-hybridized carbons (Fsp3) is 0.682. The van der Waals surface area contributed by atoms with Crippen molar-refractivity contribution in [2.45, 2.75) is 57.6 Å². The summed E-state index contributed by atoms with van der Waals surface area (Å²) in [4.78, 5) is 12.4. The smallest absolute Gasteiger partial charge is 0.338 e. The average molecular weight is 413 g/mol. The molecule has 0 heterocycles. The number of unbranched alkanes of at least 4 members (excludes halogenated alkanes) is 6. The first-order valence-electron chi connectivity index (χ1n) is 10.4. The maximum absolute atomic E-state index is 12.5. The molecule has 6 heteroatoms. The van der Waals surface area contributed by atoms with Crippen molar-refractivity contribution in [3.05, 3.63) is 35.4 Å². The third-order valence-electron chi connectivity index (χ3n) is 4.67. The van der Waals surface area contributed by atoms with Crippen LogP contribution in [0.5, 0.6) is 0 Å². The number of rotatable bonds is 14. The Balaban J connectivity index is 2.55. The lowest BCUT2D eigenvalue weighted by atomic mass is 10.1. The molecule has 0 atom stereocenters. The molecule has 1 aromatic rings. The minimum atomic E-state index is -3.24. The predicted octanol–water partition coefficient (Wildman–Crippen LogP) is 4.22. The van der Waals surface area contributed by atoms with E-state index < -0.39 is 15.8 Å². The topological polar surface area (TPSA) is 60.4 Å². The van der Waals surface area contributed by atoms with Crippen molar-refractivity contribution in [3.8, 4) is 0 Å². The van der Waals surface area contributed by atoms with E-state index in [0.29, 0.717) is 35.2 Å². The molecule has 0 amide bonds. The Hall–Kier alpha value is -1.40. The molecule has 28 heavy (non-hydrogen) atoms. The molecule has 0 saturated heterocycles. The van der Waals surface area contributed by atoms with Gasteiger partial charge in [-0.3, -0.25) is 0 Å². The van der Waals surface area contributed by atoms with E-state index in [2.05, 4.69) is 6.92 Å². The van der Waals surface area contributed by atoms with E-state index in [1.807, 2.05) is 21.1 Å². The standard InChI is InChI=1S/C22H38NO4S/c1-5-6-7-8-9-10-13-18-28(25,26)19-20-14-11-12-15-21(20)22(24)27-17-16-23(2,3)4/h11-12,14-15H,5-10,13,16-19H2,1-4H3/q+1. The van der Waals surface area contributed by atoms with Crippen LogP contribution in [0.2, 0.25) is 0 Å². The first-order chi connectivity index (χ1) is 13.1. The summed E-state index contributed by atoms with van der Waals surface area (Å²) in [6, 6.07) is 6.86. The van der Waals surface area contributed by atoms with Crippen LogP contribution in [0.1, 0.15) is 67.8 Å². The third kappa shape index (κ3) is 10.8. The molecule has 0 aromatic heterocycles. The number of esters is 1. The molecule has 160 valence electrons. The van der Waals surface area contributed by atoms with Crippen LogP contribution in [0, 0.1) is 0 Å². The SMILES string of the molecule is CCCCCCCCCS(=O)(=O)Cc1ccccc1C(=O)OCC[N+](C)(C)C. The number of carbonyl (C=O) groups is 1. The van der Waals surface area contributed by atoms with Gasteiger partial charge in [0.15, 0.2) is 9.84 Å². The van der Waals surface area contributed by atoms with Gasteiger partial charge in [-0.2, -0.15) is 0 Å². The number of quaternary nitrogens is 1. The highest BCUT2D eigenvalue weighted by Crippen LogP contribution is 2.16. The van der Waals surface area contributed by atoms with Crippen molar-refractivity contribution in [1.29, 1.82) is 0 Å². The monoisotopic (exact) mass is 412 g/mol. The zero-order chi connectivity index (χ0) is 21.0. The lowest BCUT2D eigenvalue weighted by Gasteiger charge is -2.23. The molecule has 0 radical (unpaired) electrons. The highest BCUT2D eigenvalue weighted by Gasteiger charge is 2.19. The van der Waals surface area contributed by atoms with E-state index in [0.717, 1.165) is 12.8 Å². The maximum atomic E-state index is 12.5. The second-order valence-corrected chi connectivity index (χ2v) is 10.7. The average Bonchev–Trinajstić information content (AvgIpc) is 2.60. The van der Waals surface area contributed by atoms with Gasteiger partial charge in [-0.25, -0.2) is 13.2 Å². The number of nitrogens with zero attached hydrogens (tertiary/aromatic N) is 1. The lowest BCUT2D eigenvalue weighted by molar-refractivity contribution is -0.870. The van der Waals surface area contributed by atoms with Gasteiger partial charge in [0.05, 0.1) is 38.2 Å². The number of likely N-dealkylation sites (N-methyl/N-ethyl adjacent to an activating group) is 1. The quantitative estimate of drug-likeness (QED) is 0.261. The van der Waals surface area contributed by atoms with Gasteiger partial charge in [0.25, 0.3) is 0 Å². The molecule has 0 unspecified atom stereocenters. The van der Waals surface area contributed by atoms with Gasteiger partial charge in [-0.15, -0.1) is 0 Å². The van der Waals surface area contributed by atoms with Crippen LogP contribution in [0.4, 0.5) is 0 Å². The van der Waals surface area contributed by atoms with Crippen LogP contribution in [0.25, 0.3) is 0 Å². The van der Waals surface area contributed by atoms with E-state index in [4.69, 9.17) is 4.74 Å². The van der Waals surface area contributed by atoms with Crippen LogP contribution in [-0.2, 0) is 20.3 Å². The number of benzene rings is 1. The molecular formula is C22H38NO4S+. The molecule has 0 aliphatic carbocycles. The van der Waals surface area contributed by atoms with Crippen molar-refractivity contribution in [2.24, 2.45) is 0 Å². The van der Waals surface area contributed by atoms with E-state index in [9.17, 15) is 13.2 Å². The molecule has 0 fully saturated rings. The van der Waals surface area contributed by atoms with Crippen molar-refractivity contribution in [1.82, 2.24) is 0 Å². The second-order valence-electron chi connectivity index (χ2n) is 8.52. The Bertz CT molecular complexity index is 693. The normalized spacial score (nSPS) is 12.1. The van der Waals surface area contributed by atoms with Crippen LogP contribution in [-0.4, -0.2) is 58.9 Å². The van der Waals surface area contributed by atoms with Gasteiger partial charge in [0.1, 0.15) is 13.2 Å². The molecule has 0 spiro atoms. The Morgan fingerprint density at radius 3 is 2.21 bits per heavy atom. The maximum Gasteiger partial charge on any atom is 0.338 e. The van der Waals surface area contributed by atoms with Crippen molar-refractivity contribution in [3.63, 3.8) is 0 Å². The van der Waals surface area contributed by atoms with Gasteiger partial charge < -0.3 is 9.22 Å². The highest BCUT2D eigenvalue weighted by molar-refractivity contribution is 7.90. The van der Waals surface area contributed by atoms with Crippen molar-refractivity contribution in [2.75, 3.05) is 40.0 Å². The molecule has 0 aliphatic heterocycles. The van der Waals surface area contributed by atoms with Crippen LogP contribution < -0.4 is 0 Å². The van der Waals surface area contributed by atoms with Gasteiger partial charge in [0.2, 0.25) is 0 Å². The molecule has 0 bridgehead atoms. The molecule has 5 nitrogen and oxygen atoms in total. The number of hydrogen-bond donors (Lipinski definition) is 0. The number of sulfone groups is 1. The molecule has 0 aliphatic rings. The highest BCUT2D eigenvalue weighted by atomic mass is 32.2. The summed E-state index contributed by atoms with van der Waals surface area (Å²) >= 11 is 0. The molecule has 0 saturated carbocycles. The third-order valence-corrected chi connectivity index (χ3v) is 6.33. The first kappa shape index (κ1) is 24.6. The van der Waals surface area contributed by atoms with Crippen LogP contribution >= 0.6 is 0 Å². The largest absolute Gasteiger partial charge is 0.456 e. The summed E-state index contributed by atoms with van der Waals surface area (Å²) in [6.45, 7) is 3.19. The van der Waals surface area contributed by atoms with E-state index in [-0.39, 0.29) is 11.5 Å². The summed E-state index contributed by atoms with van der Waals surface area (Å²) in [7, 11) is 2.84. The van der Waals surface area contributed by atoms with Crippen molar-refractivity contribution >= 4 is 15.8 Å². The fourth-order valence-electron chi connectivity index (χ4n) is 2.92. The lowest BCUT2D eigenvalue weighted by Crippen LogP contribution is -2.38. The Labute approximate surface area is 171 Å². The summed E-state index contributed by atoms with van der Waals surface area (Å²) in [6.07, 6.45) is 7.58. The van der Waals surface area contributed by atoms with E-state index >= 15 is 0 Å². The van der Waals surface area contributed by atoms with Gasteiger partial charge in [0, 0.05) is 0 Å². The van der Waals surface area contributed by atoms with E-state index in [1.54, 1.807) is 24.3 Å². The summed E-state index contributed by atoms with van der Waals surface area (Å²) < 4.78 is 31.1. The summed E-state index contributed by atoms with van der Waals surface area (Å²) in [5.74, 6) is -0.384. The minimum Gasteiger partial charge on any atom is -0.456 e. The van der Waals surface area contributed by atoms with Gasteiger partial charge in [-0.05, 0) is 18.1 Å². The molecular weight excluding hydrogens is 374 g/mol. The molecule has 1 rings (SSSR count). The minimum absolute atomic E-state index is 0.108. The number of carbonyl (C=O) groups excluding carboxylic acids is 1. The van der Waals surface area contributed by atoms with Crippen LogP contribution in [0.3, 0.4) is 0 Å². The fourth-order valence-corrected chi connectivity index (χ4v) is 4.44. The van der Waals surface area contributed by atoms with E-state index in [1.165, 1.54) is 25.7 Å². The zero-order valence-electron chi connectivity index (χ0n) is 18.1. The second kappa shape index (κ2) is 12.2. The number of hydrogen-bond acceptors (Lipinski definition) is 4. The van der Waals surface area contributed by atoms with Crippen LogP contribution in [0.15, 0.2) is 24.3 Å². The molecule has 0 N–H and O–H groups in total. The van der Waals surface area contributed by atoms with Crippen molar-refractivity contribution < 1.29 is 22.4 Å². The molecule has 1 aromatic carbocycles. The summed E-state index contributed by atoms with van der Waals surface area (Å²) in [5, 5.41) is 0. The number of ether oxygens (including phenoxy) is 1. The Kier molecular flexibility index (Phi) is 10.8. The predicted molar refractivity (Wildman–Crippen MR) is 115 cm³/mol. The summed E-state index contributed by atoms with van der Waals surface area (Å²) in [5.41, 5.74) is 0.882. The zero-order valence-corrected chi connectivity index (χ0v) is 18.9. The Morgan fingerprint density at radius 2 is 1.57 bits per heavy atom.